The number of sulfone groups is 1. The maximum absolute atomic E-state index is 12.4. The van der Waals surface area contributed by atoms with Gasteiger partial charge in [0.1, 0.15) is 0 Å². The Morgan fingerprint density at radius 1 is 1.00 bits per heavy atom. The van der Waals surface area contributed by atoms with E-state index in [1.807, 2.05) is 0 Å². The molecule has 1 aliphatic rings. The lowest BCUT2D eigenvalue weighted by atomic mass is 10.1. The van der Waals surface area contributed by atoms with Crippen LogP contribution in [-0.4, -0.2) is 19.5 Å². The van der Waals surface area contributed by atoms with Gasteiger partial charge in [-0.25, -0.2) is 8.42 Å². The molecule has 0 aliphatic heterocycles. The molecule has 1 aliphatic carbocycles. The second-order valence-electron chi connectivity index (χ2n) is 5.11. The Labute approximate surface area is 128 Å². The van der Waals surface area contributed by atoms with Crippen molar-refractivity contribution in [1.82, 2.24) is 0 Å². The van der Waals surface area contributed by atoms with E-state index in [1.54, 1.807) is 54.6 Å². The molecule has 1 saturated carbocycles. The van der Waals surface area contributed by atoms with Crippen LogP contribution in [0.4, 0.5) is 0 Å². The van der Waals surface area contributed by atoms with Crippen LogP contribution in [0.15, 0.2) is 59.5 Å². The Kier molecular flexibility index (Phi) is 3.59. The molecule has 0 bridgehead atoms. The van der Waals surface area contributed by atoms with Crippen molar-refractivity contribution < 1.29 is 13.2 Å². The van der Waals surface area contributed by atoms with Gasteiger partial charge in [-0.15, -0.1) is 0 Å². The second kappa shape index (κ2) is 5.28. The number of benzene rings is 2. The van der Waals surface area contributed by atoms with Crippen LogP contribution in [0.3, 0.4) is 0 Å². The molecule has 108 valence electrons. The Balaban J connectivity index is 1.80. The van der Waals surface area contributed by atoms with Crippen molar-refractivity contribution in [2.45, 2.75) is 16.6 Å². The molecule has 21 heavy (non-hydrogen) atoms. The first kappa shape index (κ1) is 14.3. The van der Waals surface area contributed by atoms with E-state index in [2.05, 4.69) is 0 Å². The number of carbonyl (C=O) groups is 1. The van der Waals surface area contributed by atoms with Gasteiger partial charge in [-0.1, -0.05) is 29.8 Å². The summed E-state index contributed by atoms with van der Waals surface area (Å²) in [6, 6.07) is 14.8. The predicted molar refractivity (Wildman–Crippen MR) is 81.3 cm³/mol. The summed E-state index contributed by atoms with van der Waals surface area (Å²) in [4.78, 5) is 12.6. The summed E-state index contributed by atoms with van der Waals surface area (Å²) in [6.45, 7) is 0. The van der Waals surface area contributed by atoms with Gasteiger partial charge in [-0.3, -0.25) is 4.79 Å². The van der Waals surface area contributed by atoms with Crippen molar-refractivity contribution in [2.75, 3.05) is 0 Å². The van der Waals surface area contributed by atoms with Crippen molar-refractivity contribution >= 4 is 27.2 Å². The average Bonchev–Trinajstić information content (AvgIpc) is 3.29. The van der Waals surface area contributed by atoms with E-state index in [9.17, 15) is 13.2 Å². The molecule has 0 spiro atoms. The Hall–Kier alpha value is -1.65. The second-order valence-corrected chi connectivity index (χ2v) is 7.71. The zero-order chi connectivity index (χ0) is 15.0. The number of carbonyl (C=O) groups excluding carboxylic acids is 1. The minimum absolute atomic E-state index is 0.129. The van der Waals surface area contributed by atoms with Gasteiger partial charge in [0, 0.05) is 16.5 Å². The molecule has 0 radical (unpaired) electrons. The third kappa shape index (κ3) is 2.74. The standard InChI is InChI=1S/C16H13ClO3S/c17-12-8-6-11(7-9-12)16(18)14-10-15(14)21(19,20)13-4-2-1-3-5-13/h1-9,14-15H,10H2/t14-,15-/m0/s1. The normalized spacial score (nSPS) is 21.0. The minimum atomic E-state index is -3.42. The zero-order valence-electron chi connectivity index (χ0n) is 11.1. The van der Waals surface area contributed by atoms with Crippen molar-refractivity contribution in [3.05, 3.63) is 65.2 Å². The first-order valence-corrected chi connectivity index (χ1v) is 8.51. The van der Waals surface area contributed by atoms with Gasteiger partial charge >= 0.3 is 0 Å². The van der Waals surface area contributed by atoms with E-state index in [1.165, 1.54) is 0 Å². The van der Waals surface area contributed by atoms with Crippen LogP contribution in [-0.2, 0) is 9.84 Å². The summed E-state index contributed by atoms with van der Waals surface area (Å²) in [7, 11) is -3.42. The molecule has 1 fully saturated rings. The summed E-state index contributed by atoms with van der Waals surface area (Å²) in [5.74, 6) is -0.576. The number of hydrogen-bond donors (Lipinski definition) is 0. The minimum Gasteiger partial charge on any atom is -0.294 e. The monoisotopic (exact) mass is 320 g/mol. The zero-order valence-corrected chi connectivity index (χ0v) is 12.6. The fourth-order valence-corrected chi connectivity index (χ4v) is 4.43. The first-order chi connectivity index (χ1) is 10.00. The van der Waals surface area contributed by atoms with Crippen LogP contribution >= 0.6 is 11.6 Å². The van der Waals surface area contributed by atoms with Crippen molar-refractivity contribution in [3.63, 3.8) is 0 Å². The van der Waals surface area contributed by atoms with E-state index in [-0.39, 0.29) is 10.7 Å². The molecule has 0 amide bonds. The van der Waals surface area contributed by atoms with Gasteiger partial charge in [0.05, 0.1) is 10.1 Å². The molecule has 0 unspecified atom stereocenters. The molecule has 5 heteroatoms. The molecule has 3 rings (SSSR count). The lowest BCUT2D eigenvalue weighted by Crippen LogP contribution is -2.13. The van der Waals surface area contributed by atoms with Gasteiger partial charge in [-0.05, 0) is 42.8 Å². The van der Waals surface area contributed by atoms with Crippen LogP contribution in [0, 0.1) is 5.92 Å². The number of halogens is 1. The van der Waals surface area contributed by atoms with Crippen molar-refractivity contribution in [3.8, 4) is 0 Å². The lowest BCUT2D eigenvalue weighted by molar-refractivity contribution is 0.0968. The van der Waals surface area contributed by atoms with Gasteiger partial charge in [-0.2, -0.15) is 0 Å². The summed E-state index contributed by atoms with van der Waals surface area (Å²) < 4.78 is 24.8. The first-order valence-electron chi connectivity index (χ1n) is 6.59. The number of Topliss-reactive ketones (excluding diaryl/α,β-unsaturated/α-hetero) is 1. The predicted octanol–water partition coefficient (Wildman–Crippen LogP) is 3.39. The largest absolute Gasteiger partial charge is 0.294 e. The number of rotatable bonds is 4. The average molecular weight is 321 g/mol. The number of ketones is 1. The van der Waals surface area contributed by atoms with Gasteiger partial charge < -0.3 is 0 Å². The maximum Gasteiger partial charge on any atom is 0.181 e. The fourth-order valence-electron chi connectivity index (χ4n) is 2.40. The topological polar surface area (TPSA) is 51.2 Å². The molecule has 0 N–H and O–H groups in total. The summed E-state index contributed by atoms with van der Waals surface area (Å²) in [5, 5.41) is -0.0566. The third-order valence-electron chi connectivity index (χ3n) is 3.67. The molecular formula is C16H13ClO3S. The molecule has 0 saturated heterocycles. The van der Waals surface area contributed by atoms with Crippen molar-refractivity contribution in [1.29, 1.82) is 0 Å². The SMILES string of the molecule is O=C(c1ccc(Cl)cc1)[C@H]1C[C@@H]1S(=O)(=O)c1ccccc1. The highest BCUT2D eigenvalue weighted by Gasteiger charge is 2.51. The molecule has 2 aromatic rings. The summed E-state index contributed by atoms with van der Waals surface area (Å²) in [5.41, 5.74) is 0.509. The summed E-state index contributed by atoms with van der Waals surface area (Å²) >= 11 is 5.79. The van der Waals surface area contributed by atoms with Gasteiger partial charge in [0.2, 0.25) is 0 Å². The van der Waals surface area contributed by atoms with Crippen LogP contribution < -0.4 is 0 Å². The smallest absolute Gasteiger partial charge is 0.181 e. The lowest BCUT2D eigenvalue weighted by Gasteiger charge is -2.04. The highest BCUT2D eigenvalue weighted by Crippen LogP contribution is 2.42. The molecule has 0 aromatic heterocycles. The van der Waals surface area contributed by atoms with Crippen LogP contribution in [0.2, 0.25) is 5.02 Å². The maximum atomic E-state index is 12.4. The van der Waals surface area contributed by atoms with Crippen molar-refractivity contribution in [2.24, 2.45) is 5.92 Å². The Bertz CT molecular complexity index is 767. The Morgan fingerprint density at radius 2 is 1.62 bits per heavy atom. The van der Waals surface area contributed by atoms with E-state index < -0.39 is 21.0 Å². The molecule has 0 heterocycles. The summed E-state index contributed by atoms with van der Waals surface area (Å²) in [6.07, 6.45) is 0.388. The van der Waals surface area contributed by atoms with Gasteiger partial charge in [0.25, 0.3) is 0 Å². The fraction of sp³-hybridized carbons (Fsp3) is 0.188. The van der Waals surface area contributed by atoms with E-state index in [0.29, 0.717) is 17.0 Å². The van der Waals surface area contributed by atoms with E-state index in [0.717, 1.165) is 0 Å². The highest BCUT2D eigenvalue weighted by atomic mass is 35.5. The molecule has 2 atom stereocenters. The quantitative estimate of drug-likeness (QED) is 0.811. The molecular weight excluding hydrogens is 308 g/mol. The molecule has 2 aromatic carbocycles. The van der Waals surface area contributed by atoms with Crippen LogP contribution in [0.5, 0.6) is 0 Å². The number of hydrogen-bond acceptors (Lipinski definition) is 3. The highest BCUT2D eigenvalue weighted by molar-refractivity contribution is 7.92. The van der Waals surface area contributed by atoms with Gasteiger partial charge in [0.15, 0.2) is 15.6 Å². The molecule has 3 nitrogen and oxygen atoms in total. The van der Waals surface area contributed by atoms with Crippen LogP contribution in [0.1, 0.15) is 16.8 Å². The van der Waals surface area contributed by atoms with E-state index in [4.69, 9.17) is 11.6 Å². The van der Waals surface area contributed by atoms with Crippen LogP contribution in [0.25, 0.3) is 0 Å². The third-order valence-corrected chi connectivity index (χ3v) is 6.17. The Morgan fingerprint density at radius 3 is 2.24 bits per heavy atom. The van der Waals surface area contributed by atoms with E-state index >= 15 is 0 Å².